The van der Waals surface area contributed by atoms with E-state index in [0.29, 0.717) is 11.7 Å². The van der Waals surface area contributed by atoms with Crippen LogP contribution in [0.25, 0.3) is 0 Å². The van der Waals surface area contributed by atoms with E-state index in [1.807, 2.05) is 36.4 Å². The van der Waals surface area contributed by atoms with Gasteiger partial charge in [0.05, 0.1) is 26.2 Å². The summed E-state index contributed by atoms with van der Waals surface area (Å²) in [6, 6.07) is 16.0. The number of nitrogens with one attached hydrogen (secondary N) is 1. The summed E-state index contributed by atoms with van der Waals surface area (Å²) in [7, 11) is 1.65. The summed E-state index contributed by atoms with van der Waals surface area (Å²) in [4.78, 5) is 29.6. The Morgan fingerprint density at radius 3 is 2.51 bits per heavy atom. The first kappa shape index (κ1) is 25.3. The second-order valence-corrected chi connectivity index (χ2v) is 10.4. The summed E-state index contributed by atoms with van der Waals surface area (Å²) in [5, 5.41) is 12.5. The lowest BCUT2D eigenvalue weighted by molar-refractivity contribution is -0.122. The molecule has 10 heteroatoms. The maximum atomic E-state index is 12.9. The van der Waals surface area contributed by atoms with Crippen LogP contribution in [0.1, 0.15) is 22.6 Å². The highest BCUT2D eigenvalue weighted by Gasteiger charge is 2.35. The average Bonchev–Trinajstić information content (AvgIpc) is 3.55. The number of methoxy groups -OCH3 is 1. The van der Waals surface area contributed by atoms with Gasteiger partial charge in [-0.3, -0.25) is 14.5 Å². The Hall–Kier alpha value is -3.34. The molecule has 2 fully saturated rings. The van der Waals surface area contributed by atoms with Crippen LogP contribution in [0.15, 0.2) is 48.5 Å². The lowest BCUT2D eigenvalue weighted by Gasteiger charge is -2.26. The van der Waals surface area contributed by atoms with Crippen molar-refractivity contribution in [3.63, 3.8) is 0 Å². The van der Waals surface area contributed by atoms with Gasteiger partial charge in [0.2, 0.25) is 16.9 Å². The predicted octanol–water partition coefficient (Wildman–Crippen LogP) is 3.16. The molecule has 2 aromatic carbocycles. The maximum absolute atomic E-state index is 12.9. The number of ether oxygens (including phenoxy) is 2. The summed E-state index contributed by atoms with van der Waals surface area (Å²) >= 11 is 1.37. The fraction of sp³-hybridized carbons (Fsp3) is 0.407. The topological polar surface area (TPSA) is 96.9 Å². The van der Waals surface area contributed by atoms with Crippen LogP contribution in [0.2, 0.25) is 0 Å². The number of amides is 2. The number of benzene rings is 2. The van der Waals surface area contributed by atoms with Crippen molar-refractivity contribution in [1.82, 2.24) is 15.1 Å². The lowest BCUT2D eigenvalue weighted by atomic mass is 10.1. The molecule has 0 saturated carbocycles. The highest BCUT2D eigenvalue weighted by molar-refractivity contribution is 7.15. The van der Waals surface area contributed by atoms with Crippen molar-refractivity contribution in [2.75, 3.05) is 50.2 Å². The molecule has 194 valence electrons. The molecule has 2 saturated heterocycles. The van der Waals surface area contributed by atoms with Crippen LogP contribution < -0.4 is 15.0 Å². The Morgan fingerprint density at radius 2 is 1.78 bits per heavy atom. The monoisotopic (exact) mass is 521 g/mol. The fourth-order valence-corrected chi connectivity index (χ4v) is 5.33. The van der Waals surface area contributed by atoms with Gasteiger partial charge in [0.25, 0.3) is 0 Å². The van der Waals surface area contributed by atoms with Crippen molar-refractivity contribution < 1.29 is 19.1 Å². The zero-order valence-corrected chi connectivity index (χ0v) is 21.7. The number of carbonyl (C=O) groups excluding carboxylic acids is 2. The van der Waals surface area contributed by atoms with E-state index in [4.69, 9.17) is 9.47 Å². The quantitative estimate of drug-likeness (QED) is 0.462. The van der Waals surface area contributed by atoms with Gasteiger partial charge in [0.15, 0.2) is 0 Å². The summed E-state index contributed by atoms with van der Waals surface area (Å²) in [5.41, 5.74) is 3.20. The minimum atomic E-state index is -0.424. The largest absolute Gasteiger partial charge is 0.497 e. The number of anilines is 2. The molecular formula is C27H31N5O4S. The van der Waals surface area contributed by atoms with Crippen molar-refractivity contribution in [2.45, 2.75) is 25.8 Å². The van der Waals surface area contributed by atoms with Crippen molar-refractivity contribution in [3.8, 4) is 5.75 Å². The molecule has 1 N–H and O–H groups in total. The average molecular weight is 522 g/mol. The van der Waals surface area contributed by atoms with Gasteiger partial charge < -0.3 is 19.7 Å². The minimum absolute atomic E-state index is 0.0430. The van der Waals surface area contributed by atoms with E-state index in [-0.39, 0.29) is 18.2 Å². The lowest BCUT2D eigenvalue weighted by Crippen LogP contribution is -2.35. The zero-order valence-electron chi connectivity index (χ0n) is 20.9. The molecule has 1 aromatic heterocycles. The summed E-state index contributed by atoms with van der Waals surface area (Å²) in [6.07, 6.45) is 1.74. The van der Waals surface area contributed by atoms with Crippen LogP contribution >= 0.6 is 11.3 Å². The second kappa shape index (κ2) is 11.8. The molecule has 5 rings (SSSR count). The van der Waals surface area contributed by atoms with Gasteiger partial charge in [0, 0.05) is 44.7 Å². The molecule has 3 heterocycles. The van der Waals surface area contributed by atoms with E-state index in [9.17, 15) is 9.59 Å². The third-order valence-corrected chi connectivity index (χ3v) is 7.64. The van der Waals surface area contributed by atoms with Crippen LogP contribution in [0.4, 0.5) is 10.8 Å². The highest BCUT2D eigenvalue weighted by atomic mass is 32.1. The molecule has 2 amide bonds. The number of carbonyl (C=O) groups is 2. The number of rotatable bonds is 9. The van der Waals surface area contributed by atoms with Gasteiger partial charge in [-0.2, -0.15) is 0 Å². The smallest absolute Gasteiger partial charge is 0.231 e. The molecule has 1 unspecified atom stereocenters. The normalized spacial score (nSPS) is 18.2. The van der Waals surface area contributed by atoms with Crippen LogP contribution in [0, 0.1) is 5.92 Å². The molecule has 37 heavy (non-hydrogen) atoms. The zero-order chi connectivity index (χ0) is 25.6. The van der Waals surface area contributed by atoms with E-state index < -0.39 is 5.92 Å². The Kier molecular flexibility index (Phi) is 8.08. The molecular weight excluding hydrogens is 490 g/mol. The standard InChI is InChI=1S/C27H31N5O4S/c1-35-23-9-4-19(5-10-23)6-11-24-29-30-27(37-24)28-26(34)21-16-25(33)32(18-21)22-7-2-20(3-8-22)17-31-12-14-36-15-13-31/h2-5,7-10,21H,6,11-18H2,1H3,(H,28,30,34). The number of nitrogens with zero attached hydrogens (tertiary/aromatic N) is 4. The first-order chi connectivity index (χ1) is 18.1. The molecule has 9 nitrogen and oxygen atoms in total. The number of morpholine rings is 1. The Labute approximate surface area is 220 Å². The van der Waals surface area contributed by atoms with Crippen LogP contribution in [0.3, 0.4) is 0 Å². The third kappa shape index (κ3) is 6.51. The van der Waals surface area contributed by atoms with Crippen LogP contribution in [-0.2, 0) is 33.7 Å². The molecule has 0 bridgehead atoms. The number of hydrogen-bond donors (Lipinski definition) is 1. The summed E-state index contributed by atoms with van der Waals surface area (Å²) in [6.45, 7) is 4.63. The first-order valence-corrected chi connectivity index (χ1v) is 13.3. The van der Waals surface area contributed by atoms with Crippen molar-refractivity contribution in [1.29, 1.82) is 0 Å². The Morgan fingerprint density at radius 1 is 1.05 bits per heavy atom. The van der Waals surface area contributed by atoms with Crippen molar-refractivity contribution >= 4 is 34.0 Å². The maximum Gasteiger partial charge on any atom is 0.231 e. The molecule has 3 aromatic rings. The van der Waals surface area contributed by atoms with Crippen LogP contribution in [-0.4, -0.2) is 66.9 Å². The van der Waals surface area contributed by atoms with E-state index >= 15 is 0 Å². The molecule has 1 atom stereocenters. The molecule has 2 aliphatic rings. The van der Waals surface area contributed by atoms with E-state index in [0.717, 1.165) is 62.1 Å². The second-order valence-electron chi connectivity index (χ2n) is 9.30. The van der Waals surface area contributed by atoms with Gasteiger partial charge in [-0.05, 0) is 41.8 Å². The SMILES string of the molecule is COc1ccc(CCc2nnc(NC(=O)C3CC(=O)N(c4ccc(CN5CCOCC5)cc4)C3)s2)cc1. The van der Waals surface area contributed by atoms with E-state index in [1.54, 1.807) is 12.0 Å². The van der Waals surface area contributed by atoms with E-state index in [1.165, 1.54) is 22.5 Å². The van der Waals surface area contributed by atoms with Gasteiger partial charge in [-0.15, -0.1) is 10.2 Å². The summed E-state index contributed by atoms with van der Waals surface area (Å²) < 4.78 is 10.6. The molecule has 0 aliphatic carbocycles. The fourth-order valence-electron chi connectivity index (χ4n) is 4.59. The Balaban J connectivity index is 1.12. The van der Waals surface area contributed by atoms with Crippen LogP contribution in [0.5, 0.6) is 5.75 Å². The molecule has 0 spiro atoms. The van der Waals surface area contributed by atoms with Gasteiger partial charge >= 0.3 is 0 Å². The molecule has 0 radical (unpaired) electrons. The highest BCUT2D eigenvalue weighted by Crippen LogP contribution is 2.27. The Bertz CT molecular complexity index is 1210. The summed E-state index contributed by atoms with van der Waals surface area (Å²) in [5.74, 6) is 0.165. The predicted molar refractivity (Wildman–Crippen MR) is 142 cm³/mol. The number of aryl methyl sites for hydroxylation is 2. The third-order valence-electron chi connectivity index (χ3n) is 6.74. The number of hydrogen-bond acceptors (Lipinski definition) is 8. The van der Waals surface area contributed by atoms with E-state index in [2.05, 4.69) is 32.5 Å². The molecule has 2 aliphatic heterocycles. The van der Waals surface area contributed by atoms with Crippen molar-refractivity contribution in [2.24, 2.45) is 5.92 Å². The number of aromatic nitrogens is 2. The van der Waals surface area contributed by atoms with Gasteiger partial charge in [0.1, 0.15) is 10.8 Å². The first-order valence-electron chi connectivity index (χ1n) is 12.5. The van der Waals surface area contributed by atoms with Gasteiger partial charge in [-0.25, -0.2) is 0 Å². The van der Waals surface area contributed by atoms with Crippen molar-refractivity contribution in [3.05, 3.63) is 64.7 Å². The van der Waals surface area contributed by atoms with Gasteiger partial charge in [-0.1, -0.05) is 35.6 Å². The minimum Gasteiger partial charge on any atom is -0.497 e.